The Morgan fingerprint density at radius 2 is 1.97 bits per heavy atom. The lowest BCUT2D eigenvalue weighted by Crippen LogP contribution is -2.43. The number of para-hydroxylation sites is 2. The molecule has 6 heteroatoms. The second-order valence-corrected chi connectivity index (χ2v) is 9.53. The number of aryl methyl sites for hydroxylation is 1. The molecule has 0 saturated carbocycles. The van der Waals surface area contributed by atoms with Crippen molar-refractivity contribution in [2.24, 2.45) is 12.5 Å². The molecule has 4 heterocycles. The highest BCUT2D eigenvalue weighted by Gasteiger charge is 2.41. The zero-order valence-corrected chi connectivity index (χ0v) is 18.3. The van der Waals surface area contributed by atoms with Gasteiger partial charge in [-0.05, 0) is 71.8 Å². The van der Waals surface area contributed by atoms with Gasteiger partial charge in [0.1, 0.15) is 5.82 Å². The summed E-state index contributed by atoms with van der Waals surface area (Å²) >= 11 is 1.66. The zero-order valence-electron chi connectivity index (χ0n) is 17.5. The van der Waals surface area contributed by atoms with E-state index in [1.165, 1.54) is 11.9 Å². The molecule has 5 nitrogen and oxygen atoms in total. The summed E-state index contributed by atoms with van der Waals surface area (Å²) in [7, 11) is 2.12. The van der Waals surface area contributed by atoms with Crippen LogP contribution < -0.4 is 0 Å². The number of hydrogen-bond acceptors (Lipinski definition) is 4. The first-order chi connectivity index (χ1) is 14.6. The lowest BCUT2D eigenvalue weighted by atomic mass is 9.78. The third kappa shape index (κ3) is 3.82. The van der Waals surface area contributed by atoms with Gasteiger partial charge < -0.3 is 9.47 Å². The van der Waals surface area contributed by atoms with E-state index < -0.39 is 0 Å². The average Bonchev–Trinajstić information content (AvgIpc) is 3.49. The third-order valence-electron chi connectivity index (χ3n) is 6.86. The Bertz CT molecular complexity index is 1060. The SMILES string of the molecule is Cn1c(CN2CCC3(CCN(C(=O)C=Cc4ccsc4)CC3)C2)nc2ccccc21. The van der Waals surface area contributed by atoms with E-state index in [4.69, 9.17) is 4.98 Å². The van der Waals surface area contributed by atoms with Gasteiger partial charge in [-0.15, -0.1) is 0 Å². The summed E-state index contributed by atoms with van der Waals surface area (Å²) in [6, 6.07) is 10.4. The van der Waals surface area contributed by atoms with Crippen LogP contribution in [0.15, 0.2) is 47.2 Å². The summed E-state index contributed by atoms with van der Waals surface area (Å²) < 4.78 is 2.22. The standard InChI is InChI=1S/C24H28N4OS/c1-26-21-5-3-2-4-20(21)25-22(26)16-27-12-9-24(18-27)10-13-28(14-11-24)23(29)7-6-19-8-15-30-17-19/h2-8,15,17H,9-14,16,18H2,1H3. The number of piperidine rings is 1. The highest BCUT2D eigenvalue weighted by atomic mass is 32.1. The lowest BCUT2D eigenvalue weighted by Gasteiger charge is -2.39. The molecule has 1 amide bonds. The van der Waals surface area contributed by atoms with Crippen LogP contribution in [0.2, 0.25) is 0 Å². The number of aromatic nitrogens is 2. The molecule has 0 N–H and O–H groups in total. The number of imidazole rings is 1. The second-order valence-electron chi connectivity index (χ2n) is 8.75. The first kappa shape index (κ1) is 19.5. The molecule has 2 aliphatic heterocycles. The van der Waals surface area contributed by atoms with Crippen molar-refractivity contribution in [2.75, 3.05) is 26.2 Å². The molecule has 0 aliphatic carbocycles. The van der Waals surface area contributed by atoms with E-state index in [0.717, 1.165) is 62.5 Å². The highest BCUT2D eigenvalue weighted by molar-refractivity contribution is 7.08. The van der Waals surface area contributed by atoms with Gasteiger partial charge in [0, 0.05) is 32.8 Å². The van der Waals surface area contributed by atoms with Gasteiger partial charge in [0.25, 0.3) is 0 Å². The minimum absolute atomic E-state index is 0.144. The second kappa shape index (κ2) is 8.00. The summed E-state index contributed by atoms with van der Waals surface area (Å²) in [6.45, 7) is 4.87. The van der Waals surface area contributed by atoms with E-state index in [1.54, 1.807) is 17.4 Å². The van der Waals surface area contributed by atoms with Gasteiger partial charge in [-0.2, -0.15) is 11.3 Å². The molecule has 2 saturated heterocycles. The van der Waals surface area contributed by atoms with Crippen LogP contribution in [0.25, 0.3) is 17.1 Å². The first-order valence-electron chi connectivity index (χ1n) is 10.7. The van der Waals surface area contributed by atoms with Crippen LogP contribution in [0.3, 0.4) is 0 Å². The molecule has 2 aliphatic rings. The average molecular weight is 421 g/mol. The van der Waals surface area contributed by atoms with Crippen molar-refractivity contribution in [2.45, 2.75) is 25.8 Å². The fraction of sp³-hybridized carbons (Fsp3) is 0.417. The number of amides is 1. The van der Waals surface area contributed by atoms with Crippen molar-refractivity contribution in [3.63, 3.8) is 0 Å². The summed E-state index contributed by atoms with van der Waals surface area (Å²) in [4.78, 5) is 22.0. The maximum Gasteiger partial charge on any atom is 0.246 e. The molecule has 30 heavy (non-hydrogen) atoms. The Labute approximate surface area is 181 Å². The van der Waals surface area contributed by atoms with Gasteiger partial charge in [-0.3, -0.25) is 9.69 Å². The molecule has 156 valence electrons. The molecule has 1 spiro atoms. The molecule has 0 atom stereocenters. The molecule has 0 radical (unpaired) electrons. The smallest absolute Gasteiger partial charge is 0.246 e. The van der Waals surface area contributed by atoms with Crippen LogP contribution in [-0.2, 0) is 18.4 Å². The number of nitrogens with zero attached hydrogens (tertiary/aromatic N) is 4. The topological polar surface area (TPSA) is 41.4 Å². The Hall–Kier alpha value is -2.44. The van der Waals surface area contributed by atoms with E-state index in [9.17, 15) is 4.79 Å². The zero-order chi connectivity index (χ0) is 20.6. The van der Waals surface area contributed by atoms with E-state index in [1.807, 2.05) is 22.4 Å². The van der Waals surface area contributed by atoms with Crippen molar-refractivity contribution in [3.8, 4) is 0 Å². The van der Waals surface area contributed by atoms with Crippen molar-refractivity contribution < 1.29 is 4.79 Å². The Kier molecular flexibility index (Phi) is 5.21. The normalized spacial score (nSPS) is 19.4. The number of hydrogen-bond donors (Lipinski definition) is 0. The van der Waals surface area contributed by atoms with E-state index in [0.29, 0.717) is 5.41 Å². The van der Waals surface area contributed by atoms with Gasteiger partial charge in [0.15, 0.2) is 0 Å². The van der Waals surface area contributed by atoms with Crippen molar-refractivity contribution in [1.29, 1.82) is 0 Å². The van der Waals surface area contributed by atoms with Gasteiger partial charge in [-0.1, -0.05) is 12.1 Å². The quantitative estimate of drug-likeness (QED) is 0.595. The maximum absolute atomic E-state index is 12.5. The highest BCUT2D eigenvalue weighted by Crippen LogP contribution is 2.40. The predicted octanol–water partition coefficient (Wildman–Crippen LogP) is 4.16. The van der Waals surface area contributed by atoms with Gasteiger partial charge in [-0.25, -0.2) is 4.98 Å². The summed E-state index contributed by atoms with van der Waals surface area (Å²) in [5.74, 6) is 1.28. The monoisotopic (exact) mass is 420 g/mol. The molecular formula is C24H28N4OS. The number of thiophene rings is 1. The number of carbonyl (C=O) groups is 1. The molecule has 2 fully saturated rings. The summed E-state index contributed by atoms with van der Waals surface area (Å²) in [5.41, 5.74) is 3.74. The van der Waals surface area contributed by atoms with Crippen LogP contribution >= 0.6 is 11.3 Å². The van der Waals surface area contributed by atoms with Gasteiger partial charge in [0.05, 0.1) is 17.6 Å². The van der Waals surface area contributed by atoms with Gasteiger partial charge >= 0.3 is 0 Å². The molecule has 5 rings (SSSR count). The Morgan fingerprint density at radius 3 is 2.73 bits per heavy atom. The van der Waals surface area contributed by atoms with Crippen LogP contribution in [0, 0.1) is 5.41 Å². The van der Waals surface area contributed by atoms with Crippen molar-refractivity contribution in [3.05, 3.63) is 58.6 Å². The summed E-state index contributed by atoms with van der Waals surface area (Å²) in [5, 5.41) is 4.10. The molecule has 1 aromatic carbocycles. The minimum atomic E-state index is 0.144. The minimum Gasteiger partial charge on any atom is -0.339 e. The van der Waals surface area contributed by atoms with E-state index in [-0.39, 0.29) is 5.91 Å². The van der Waals surface area contributed by atoms with Crippen LogP contribution in [0.5, 0.6) is 0 Å². The number of benzene rings is 1. The fourth-order valence-electron chi connectivity index (χ4n) is 4.95. The fourth-order valence-corrected chi connectivity index (χ4v) is 5.58. The molecule has 2 aromatic heterocycles. The number of rotatable bonds is 4. The molecule has 0 unspecified atom stereocenters. The van der Waals surface area contributed by atoms with Gasteiger partial charge in [0.2, 0.25) is 5.91 Å². The number of likely N-dealkylation sites (tertiary alicyclic amines) is 2. The Balaban J connectivity index is 1.18. The molecular weight excluding hydrogens is 392 g/mol. The maximum atomic E-state index is 12.5. The van der Waals surface area contributed by atoms with Crippen LogP contribution in [0.1, 0.15) is 30.7 Å². The third-order valence-corrected chi connectivity index (χ3v) is 7.56. The molecule has 0 bridgehead atoms. The largest absolute Gasteiger partial charge is 0.339 e. The van der Waals surface area contributed by atoms with E-state index in [2.05, 4.69) is 46.2 Å². The summed E-state index contributed by atoms with van der Waals surface area (Å²) in [6.07, 6.45) is 7.09. The van der Waals surface area contributed by atoms with Crippen LogP contribution in [-0.4, -0.2) is 51.4 Å². The Morgan fingerprint density at radius 1 is 1.17 bits per heavy atom. The van der Waals surface area contributed by atoms with Crippen LogP contribution in [0.4, 0.5) is 0 Å². The van der Waals surface area contributed by atoms with E-state index >= 15 is 0 Å². The first-order valence-corrected chi connectivity index (χ1v) is 11.7. The predicted molar refractivity (Wildman–Crippen MR) is 122 cm³/mol. The molecule has 3 aromatic rings. The number of fused-ring (bicyclic) bond motifs is 1. The lowest BCUT2D eigenvalue weighted by molar-refractivity contribution is -0.128. The van der Waals surface area contributed by atoms with Crippen molar-refractivity contribution >= 4 is 34.4 Å². The number of carbonyl (C=O) groups excluding carboxylic acids is 1. The van der Waals surface area contributed by atoms with Crippen molar-refractivity contribution in [1.82, 2.24) is 19.4 Å².